The fourth-order valence-electron chi connectivity index (χ4n) is 3.68. The molecule has 0 atom stereocenters. The van der Waals surface area contributed by atoms with Crippen molar-refractivity contribution in [3.8, 4) is 11.4 Å². The van der Waals surface area contributed by atoms with Crippen molar-refractivity contribution in [2.75, 3.05) is 12.4 Å². The molecule has 0 aliphatic carbocycles. The number of fused-ring (bicyclic) bond motifs is 2. The number of methoxy groups -OCH3 is 1. The normalized spacial score (nSPS) is 14.0. The molecular formula is C24H16IN3O3. The fourth-order valence-corrected chi connectivity index (χ4v) is 4.17. The van der Waals surface area contributed by atoms with Gasteiger partial charge in [-0.05, 0) is 65.1 Å². The molecule has 1 aliphatic heterocycles. The van der Waals surface area contributed by atoms with Crippen LogP contribution in [0.25, 0.3) is 28.2 Å². The van der Waals surface area contributed by atoms with Gasteiger partial charge in [-0.1, -0.05) is 24.3 Å². The first-order valence-corrected chi connectivity index (χ1v) is 10.6. The summed E-state index contributed by atoms with van der Waals surface area (Å²) < 4.78 is 7.80. The second-order valence-corrected chi connectivity index (χ2v) is 8.28. The molecule has 0 fully saturated rings. The number of amides is 1. The van der Waals surface area contributed by atoms with Crippen molar-refractivity contribution in [2.24, 2.45) is 0 Å². The average molecular weight is 521 g/mol. The Morgan fingerprint density at radius 1 is 1.03 bits per heavy atom. The van der Waals surface area contributed by atoms with Crippen LogP contribution in [0.4, 0.5) is 5.69 Å². The second-order valence-electron chi connectivity index (χ2n) is 7.03. The summed E-state index contributed by atoms with van der Waals surface area (Å²) in [6.07, 6.45) is 1.67. The van der Waals surface area contributed by atoms with E-state index in [1.54, 1.807) is 19.3 Å². The first-order valence-electron chi connectivity index (χ1n) is 9.54. The third-order valence-electron chi connectivity index (χ3n) is 5.15. The van der Waals surface area contributed by atoms with Gasteiger partial charge in [0.2, 0.25) is 0 Å². The fraction of sp³-hybridized carbons (Fsp3) is 0.0417. The molecule has 0 bridgehead atoms. The van der Waals surface area contributed by atoms with Crippen molar-refractivity contribution >= 4 is 56.7 Å². The van der Waals surface area contributed by atoms with Gasteiger partial charge in [-0.2, -0.15) is 0 Å². The number of halogens is 1. The number of carbonyl (C=O) groups is 1. The molecule has 0 spiro atoms. The number of nitrogens with one attached hydrogen (secondary N) is 1. The lowest BCUT2D eigenvalue weighted by atomic mass is 10.1. The minimum Gasteiger partial charge on any atom is -0.497 e. The molecule has 6 nitrogen and oxygen atoms in total. The highest BCUT2D eigenvalue weighted by Crippen LogP contribution is 2.33. The quantitative estimate of drug-likeness (QED) is 0.319. The molecule has 0 saturated heterocycles. The summed E-state index contributed by atoms with van der Waals surface area (Å²) in [7, 11) is 1.57. The van der Waals surface area contributed by atoms with Gasteiger partial charge in [0.1, 0.15) is 11.6 Å². The number of para-hydroxylation sites is 1. The van der Waals surface area contributed by atoms with Gasteiger partial charge in [-0.15, -0.1) is 0 Å². The second kappa shape index (κ2) is 7.66. The van der Waals surface area contributed by atoms with E-state index in [9.17, 15) is 9.59 Å². The van der Waals surface area contributed by atoms with Crippen LogP contribution in [0.3, 0.4) is 0 Å². The molecule has 0 unspecified atom stereocenters. The molecular weight excluding hydrogens is 505 g/mol. The maximum absolute atomic E-state index is 13.6. The third-order valence-corrected chi connectivity index (χ3v) is 5.82. The van der Waals surface area contributed by atoms with Crippen molar-refractivity contribution < 1.29 is 9.53 Å². The number of ether oxygens (including phenoxy) is 1. The van der Waals surface area contributed by atoms with Gasteiger partial charge < -0.3 is 10.1 Å². The average Bonchev–Trinajstić information content (AvgIpc) is 3.09. The molecule has 0 radical (unpaired) electrons. The molecule has 1 aromatic heterocycles. The summed E-state index contributed by atoms with van der Waals surface area (Å²) in [5.41, 5.74) is 2.95. The first kappa shape index (κ1) is 19.5. The largest absolute Gasteiger partial charge is 0.497 e. The summed E-state index contributed by atoms with van der Waals surface area (Å²) in [6, 6.07) is 20.2. The Morgan fingerprint density at radius 2 is 1.87 bits per heavy atom. The van der Waals surface area contributed by atoms with E-state index >= 15 is 0 Å². The Balaban J connectivity index is 1.83. The molecule has 3 aromatic carbocycles. The summed E-state index contributed by atoms with van der Waals surface area (Å²) in [6.45, 7) is 0. The van der Waals surface area contributed by atoms with Crippen molar-refractivity contribution in [3.05, 3.63) is 92.0 Å². The zero-order chi connectivity index (χ0) is 21.5. The molecule has 5 rings (SSSR count). The Kier molecular flexibility index (Phi) is 4.82. The van der Waals surface area contributed by atoms with E-state index in [2.05, 4.69) is 27.9 Å². The molecule has 31 heavy (non-hydrogen) atoms. The van der Waals surface area contributed by atoms with E-state index in [1.165, 1.54) is 4.57 Å². The van der Waals surface area contributed by atoms with Crippen LogP contribution in [0.1, 0.15) is 11.4 Å². The Labute approximate surface area is 191 Å². The van der Waals surface area contributed by atoms with Crippen LogP contribution in [0.2, 0.25) is 0 Å². The van der Waals surface area contributed by atoms with Crippen LogP contribution < -0.4 is 15.6 Å². The van der Waals surface area contributed by atoms with E-state index in [-0.39, 0.29) is 11.5 Å². The molecule has 4 aromatic rings. The standard InChI is InChI=1S/C24H16IN3O3/c1-31-16-6-4-5-15(12-16)28-22(26-21-10-9-14(25)11-19(21)24(28)30)13-18-17-7-2-3-8-20(17)27-23(18)29/h2-13H,1H3,(H,27,29). The predicted octanol–water partition coefficient (Wildman–Crippen LogP) is 4.49. The van der Waals surface area contributed by atoms with Gasteiger partial charge in [0.05, 0.1) is 29.3 Å². The number of aromatic nitrogens is 2. The van der Waals surface area contributed by atoms with Crippen molar-refractivity contribution in [1.29, 1.82) is 0 Å². The highest BCUT2D eigenvalue weighted by atomic mass is 127. The van der Waals surface area contributed by atoms with Gasteiger partial charge in [-0.3, -0.25) is 14.2 Å². The molecule has 1 aliphatic rings. The van der Waals surface area contributed by atoms with E-state index in [1.807, 2.05) is 60.7 Å². The van der Waals surface area contributed by atoms with Crippen LogP contribution in [0, 0.1) is 3.57 Å². The smallest absolute Gasteiger partial charge is 0.266 e. The van der Waals surface area contributed by atoms with Crippen molar-refractivity contribution in [2.45, 2.75) is 0 Å². The third kappa shape index (κ3) is 3.40. The number of hydrogen-bond donors (Lipinski definition) is 1. The molecule has 1 N–H and O–H groups in total. The zero-order valence-electron chi connectivity index (χ0n) is 16.4. The minimum absolute atomic E-state index is 0.213. The first-order chi connectivity index (χ1) is 15.0. The van der Waals surface area contributed by atoms with Crippen LogP contribution in [-0.2, 0) is 4.79 Å². The Bertz CT molecular complexity index is 1460. The molecule has 0 saturated carbocycles. The SMILES string of the molecule is COc1cccc(-n2c(C=C3C(=O)Nc4ccccc43)nc3ccc(I)cc3c2=O)c1. The minimum atomic E-state index is -0.227. The summed E-state index contributed by atoms with van der Waals surface area (Å²) in [5.74, 6) is 0.763. The summed E-state index contributed by atoms with van der Waals surface area (Å²) >= 11 is 2.17. The topological polar surface area (TPSA) is 73.2 Å². The summed E-state index contributed by atoms with van der Waals surface area (Å²) in [4.78, 5) is 31.0. The van der Waals surface area contributed by atoms with Gasteiger partial charge in [0.15, 0.2) is 0 Å². The van der Waals surface area contributed by atoms with Crippen LogP contribution >= 0.6 is 22.6 Å². The van der Waals surface area contributed by atoms with Crippen molar-refractivity contribution in [3.63, 3.8) is 0 Å². The number of anilines is 1. The van der Waals surface area contributed by atoms with Gasteiger partial charge in [0.25, 0.3) is 11.5 Å². The molecule has 2 heterocycles. The maximum atomic E-state index is 13.6. The van der Waals surface area contributed by atoms with E-state index in [0.29, 0.717) is 33.7 Å². The number of benzene rings is 3. The van der Waals surface area contributed by atoms with Crippen LogP contribution in [-0.4, -0.2) is 22.6 Å². The number of carbonyl (C=O) groups excluding carboxylic acids is 1. The molecule has 1 amide bonds. The van der Waals surface area contributed by atoms with Crippen LogP contribution in [0.15, 0.2) is 71.5 Å². The van der Waals surface area contributed by atoms with E-state index < -0.39 is 0 Å². The number of hydrogen-bond acceptors (Lipinski definition) is 4. The molecule has 7 heteroatoms. The summed E-state index contributed by atoms with van der Waals surface area (Å²) in [5, 5.41) is 3.37. The zero-order valence-corrected chi connectivity index (χ0v) is 18.6. The number of nitrogens with zero attached hydrogens (tertiary/aromatic N) is 2. The van der Waals surface area contributed by atoms with E-state index in [0.717, 1.165) is 14.8 Å². The Morgan fingerprint density at radius 3 is 2.71 bits per heavy atom. The molecule has 152 valence electrons. The lowest BCUT2D eigenvalue weighted by Gasteiger charge is -2.13. The maximum Gasteiger partial charge on any atom is 0.266 e. The van der Waals surface area contributed by atoms with Gasteiger partial charge >= 0.3 is 0 Å². The highest BCUT2D eigenvalue weighted by Gasteiger charge is 2.24. The van der Waals surface area contributed by atoms with Crippen molar-refractivity contribution in [1.82, 2.24) is 9.55 Å². The van der Waals surface area contributed by atoms with Gasteiger partial charge in [-0.25, -0.2) is 4.98 Å². The number of rotatable bonds is 3. The van der Waals surface area contributed by atoms with E-state index in [4.69, 9.17) is 9.72 Å². The lowest BCUT2D eigenvalue weighted by molar-refractivity contribution is -0.110. The van der Waals surface area contributed by atoms with Crippen LogP contribution in [0.5, 0.6) is 5.75 Å². The predicted molar refractivity (Wildman–Crippen MR) is 130 cm³/mol. The monoisotopic (exact) mass is 521 g/mol. The van der Waals surface area contributed by atoms with Gasteiger partial charge in [0, 0.05) is 20.9 Å². The highest BCUT2D eigenvalue weighted by molar-refractivity contribution is 14.1. The lowest BCUT2D eigenvalue weighted by Crippen LogP contribution is -2.22. The Hall–Kier alpha value is -3.46.